The Kier molecular flexibility index (Phi) is 3.06. The number of aromatic nitrogens is 1. The second-order valence-corrected chi connectivity index (χ2v) is 5.10. The standard InChI is InChI=1S/C11H14ClF2N/c1-10(2,3)9-8(12)5-7(6-15-9)11(4,13)14/h5-6H,1-4H3. The zero-order valence-electron chi connectivity index (χ0n) is 9.24. The topological polar surface area (TPSA) is 12.9 Å². The molecule has 0 amide bonds. The van der Waals surface area contributed by atoms with E-state index >= 15 is 0 Å². The summed E-state index contributed by atoms with van der Waals surface area (Å²) in [5, 5.41) is 0.293. The molecule has 1 aromatic heterocycles. The van der Waals surface area contributed by atoms with E-state index in [1.54, 1.807) is 0 Å². The van der Waals surface area contributed by atoms with Gasteiger partial charge >= 0.3 is 0 Å². The van der Waals surface area contributed by atoms with E-state index in [0.29, 0.717) is 10.7 Å². The summed E-state index contributed by atoms with van der Waals surface area (Å²) in [5.74, 6) is -2.90. The van der Waals surface area contributed by atoms with Crippen LogP contribution in [-0.4, -0.2) is 4.98 Å². The second kappa shape index (κ2) is 3.71. The van der Waals surface area contributed by atoms with Gasteiger partial charge in [-0.1, -0.05) is 32.4 Å². The van der Waals surface area contributed by atoms with Gasteiger partial charge in [0.25, 0.3) is 5.92 Å². The van der Waals surface area contributed by atoms with Gasteiger partial charge in [-0.15, -0.1) is 0 Å². The number of hydrogen-bond acceptors (Lipinski definition) is 1. The minimum absolute atomic E-state index is 0.152. The van der Waals surface area contributed by atoms with Crippen LogP contribution in [0.3, 0.4) is 0 Å². The lowest BCUT2D eigenvalue weighted by Gasteiger charge is -2.20. The van der Waals surface area contributed by atoms with E-state index in [1.165, 1.54) is 12.3 Å². The molecule has 0 saturated carbocycles. The molecule has 0 N–H and O–H groups in total. The molecular weight excluding hydrogens is 220 g/mol. The molecule has 0 unspecified atom stereocenters. The average molecular weight is 234 g/mol. The van der Waals surface area contributed by atoms with Crippen molar-refractivity contribution >= 4 is 11.6 Å². The number of pyridine rings is 1. The average Bonchev–Trinajstić information content (AvgIpc) is 1.99. The van der Waals surface area contributed by atoms with Crippen LogP contribution < -0.4 is 0 Å². The fraction of sp³-hybridized carbons (Fsp3) is 0.545. The molecule has 4 heteroatoms. The first-order valence-electron chi connectivity index (χ1n) is 4.66. The molecule has 0 radical (unpaired) electrons. The third-order valence-electron chi connectivity index (χ3n) is 2.06. The van der Waals surface area contributed by atoms with Crippen molar-refractivity contribution in [2.24, 2.45) is 0 Å². The first-order chi connectivity index (χ1) is 6.62. The van der Waals surface area contributed by atoms with Gasteiger partial charge in [0.15, 0.2) is 0 Å². The van der Waals surface area contributed by atoms with Crippen molar-refractivity contribution in [3.05, 3.63) is 28.5 Å². The number of halogens is 3. The molecule has 1 heterocycles. The summed E-state index contributed by atoms with van der Waals surface area (Å²) in [4.78, 5) is 4.00. The fourth-order valence-electron chi connectivity index (χ4n) is 1.23. The van der Waals surface area contributed by atoms with Crippen LogP contribution in [0.15, 0.2) is 12.3 Å². The molecule has 0 spiro atoms. The van der Waals surface area contributed by atoms with E-state index in [4.69, 9.17) is 11.6 Å². The molecule has 15 heavy (non-hydrogen) atoms. The van der Waals surface area contributed by atoms with Crippen LogP contribution in [0.2, 0.25) is 5.02 Å². The largest absolute Gasteiger partial charge is 0.272 e. The SMILES string of the molecule is CC(C)(C)c1ncc(C(C)(F)F)cc1Cl. The van der Waals surface area contributed by atoms with Gasteiger partial charge < -0.3 is 0 Å². The second-order valence-electron chi connectivity index (χ2n) is 4.69. The first kappa shape index (κ1) is 12.4. The van der Waals surface area contributed by atoms with Gasteiger partial charge in [0, 0.05) is 24.1 Å². The summed E-state index contributed by atoms with van der Waals surface area (Å²) >= 11 is 5.92. The first-order valence-corrected chi connectivity index (χ1v) is 5.04. The maximum absolute atomic E-state index is 13.0. The van der Waals surface area contributed by atoms with Gasteiger partial charge in [0.05, 0.1) is 10.7 Å². The van der Waals surface area contributed by atoms with Crippen molar-refractivity contribution in [1.82, 2.24) is 4.98 Å². The Labute approximate surface area is 93.5 Å². The van der Waals surface area contributed by atoms with E-state index in [1.807, 2.05) is 20.8 Å². The van der Waals surface area contributed by atoms with Gasteiger partial charge in [-0.25, -0.2) is 8.78 Å². The van der Waals surface area contributed by atoms with Crippen molar-refractivity contribution < 1.29 is 8.78 Å². The van der Waals surface area contributed by atoms with Gasteiger partial charge in [-0.3, -0.25) is 4.98 Å². The van der Waals surface area contributed by atoms with E-state index in [-0.39, 0.29) is 11.0 Å². The van der Waals surface area contributed by atoms with Crippen molar-refractivity contribution in [3.8, 4) is 0 Å². The summed E-state index contributed by atoms with van der Waals surface area (Å²) < 4.78 is 25.9. The summed E-state index contributed by atoms with van der Waals surface area (Å²) in [7, 11) is 0. The number of nitrogens with zero attached hydrogens (tertiary/aromatic N) is 1. The summed E-state index contributed by atoms with van der Waals surface area (Å²) in [5.41, 5.74) is 0.246. The molecule has 0 aliphatic heterocycles. The van der Waals surface area contributed by atoms with Crippen LogP contribution in [0.25, 0.3) is 0 Å². The molecule has 0 fully saturated rings. The summed E-state index contributed by atoms with van der Waals surface area (Å²) in [6.45, 7) is 6.64. The normalized spacial score (nSPS) is 13.0. The third kappa shape index (κ3) is 2.88. The summed E-state index contributed by atoms with van der Waals surface area (Å²) in [6.07, 6.45) is 1.19. The minimum Gasteiger partial charge on any atom is -0.259 e. The highest BCUT2D eigenvalue weighted by molar-refractivity contribution is 6.31. The minimum atomic E-state index is -2.90. The lowest BCUT2D eigenvalue weighted by molar-refractivity contribution is 0.0170. The molecule has 1 rings (SSSR count). The van der Waals surface area contributed by atoms with Crippen LogP contribution in [0.1, 0.15) is 39.0 Å². The molecular formula is C11H14ClF2N. The van der Waals surface area contributed by atoms with E-state index in [0.717, 1.165) is 6.92 Å². The van der Waals surface area contributed by atoms with Gasteiger partial charge in [-0.05, 0) is 6.07 Å². The molecule has 0 aliphatic rings. The number of hydrogen-bond donors (Lipinski definition) is 0. The quantitative estimate of drug-likeness (QED) is 0.710. The maximum Gasteiger partial charge on any atom is 0.272 e. The lowest BCUT2D eigenvalue weighted by Crippen LogP contribution is -2.16. The number of rotatable bonds is 1. The summed E-state index contributed by atoms with van der Waals surface area (Å²) in [6, 6.07) is 1.29. The molecule has 0 saturated heterocycles. The van der Waals surface area contributed by atoms with Crippen molar-refractivity contribution in [2.45, 2.75) is 39.0 Å². The molecule has 1 aromatic rings. The smallest absolute Gasteiger partial charge is 0.259 e. The number of alkyl halides is 2. The van der Waals surface area contributed by atoms with Crippen LogP contribution in [0.4, 0.5) is 8.78 Å². The van der Waals surface area contributed by atoms with Crippen molar-refractivity contribution in [3.63, 3.8) is 0 Å². The Morgan fingerprint density at radius 2 is 1.73 bits per heavy atom. The van der Waals surface area contributed by atoms with Crippen LogP contribution in [0.5, 0.6) is 0 Å². The van der Waals surface area contributed by atoms with Gasteiger partial charge in [0.1, 0.15) is 0 Å². The molecule has 84 valence electrons. The predicted octanol–water partition coefficient (Wildman–Crippen LogP) is 4.14. The van der Waals surface area contributed by atoms with E-state index in [2.05, 4.69) is 4.98 Å². The lowest BCUT2D eigenvalue weighted by atomic mass is 9.91. The van der Waals surface area contributed by atoms with Crippen LogP contribution in [-0.2, 0) is 11.3 Å². The molecule has 0 atom stereocenters. The Bertz CT molecular complexity index is 364. The fourth-order valence-corrected chi connectivity index (χ4v) is 1.68. The van der Waals surface area contributed by atoms with Crippen LogP contribution in [0, 0.1) is 0 Å². The third-order valence-corrected chi connectivity index (χ3v) is 2.35. The highest BCUT2D eigenvalue weighted by Crippen LogP contribution is 2.32. The highest BCUT2D eigenvalue weighted by atomic mass is 35.5. The zero-order valence-corrected chi connectivity index (χ0v) is 9.99. The molecule has 0 bridgehead atoms. The Balaban J connectivity index is 3.21. The van der Waals surface area contributed by atoms with Gasteiger partial charge in [0.2, 0.25) is 0 Å². The predicted molar refractivity (Wildman–Crippen MR) is 57.5 cm³/mol. The monoisotopic (exact) mass is 233 g/mol. The molecule has 0 aliphatic carbocycles. The molecule has 0 aromatic carbocycles. The Morgan fingerprint density at radius 3 is 2.07 bits per heavy atom. The van der Waals surface area contributed by atoms with Crippen molar-refractivity contribution in [2.75, 3.05) is 0 Å². The Morgan fingerprint density at radius 1 is 1.20 bits per heavy atom. The van der Waals surface area contributed by atoms with E-state index in [9.17, 15) is 8.78 Å². The van der Waals surface area contributed by atoms with Gasteiger partial charge in [-0.2, -0.15) is 0 Å². The Hall–Kier alpha value is -0.700. The maximum atomic E-state index is 13.0. The van der Waals surface area contributed by atoms with E-state index < -0.39 is 5.92 Å². The highest BCUT2D eigenvalue weighted by Gasteiger charge is 2.27. The molecule has 1 nitrogen and oxygen atoms in total. The van der Waals surface area contributed by atoms with Crippen molar-refractivity contribution in [1.29, 1.82) is 0 Å². The van der Waals surface area contributed by atoms with Crippen LogP contribution >= 0.6 is 11.6 Å². The zero-order chi connectivity index (χ0) is 11.9.